The lowest BCUT2D eigenvalue weighted by atomic mass is 10.0. The molecule has 16 heteroatoms. The Morgan fingerprint density at radius 3 is 2.49 bits per heavy atom. The SMILES string of the molecule is O=P(O)(O)CP(=O)(O)OC[C@H]1O[C@@H](c2cnc3c(N4CC5CCCC5C4)cc(Cl)nn23)[C@H](O)[C@@H]1O. The minimum Gasteiger partial charge on any atom is -0.387 e. The first-order valence-corrected chi connectivity index (χ1v) is 15.2. The van der Waals surface area contributed by atoms with E-state index in [1.54, 1.807) is 6.07 Å². The van der Waals surface area contributed by atoms with E-state index >= 15 is 0 Å². The van der Waals surface area contributed by atoms with Crippen LogP contribution in [0.2, 0.25) is 5.15 Å². The maximum atomic E-state index is 11.9. The minimum atomic E-state index is -4.81. The van der Waals surface area contributed by atoms with E-state index in [9.17, 15) is 24.2 Å². The first-order chi connectivity index (χ1) is 16.4. The van der Waals surface area contributed by atoms with Crippen LogP contribution >= 0.6 is 26.8 Å². The Morgan fingerprint density at radius 2 is 1.83 bits per heavy atom. The second-order valence-corrected chi connectivity index (χ2v) is 13.8. The molecular formula is C19H27ClN4O9P2. The summed E-state index contributed by atoms with van der Waals surface area (Å²) in [5, 5.41) is 25.6. The van der Waals surface area contributed by atoms with Crippen LogP contribution in [0.1, 0.15) is 31.1 Å². The molecule has 0 bridgehead atoms. The largest absolute Gasteiger partial charge is 0.387 e. The smallest absolute Gasteiger partial charge is 0.340 e. The van der Waals surface area contributed by atoms with Crippen LogP contribution < -0.4 is 4.90 Å². The number of fused-ring (bicyclic) bond motifs is 2. The highest BCUT2D eigenvalue weighted by molar-refractivity contribution is 7.70. The number of hydrogen-bond donors (Lipinski definition) is 5. The fraction of sp³-hybridized carbons (Fsp3) is 0.684. The number of imidazole rings is 1. The Labute approximate surface area is 205 Å². The lowest BCUT2D eigenvalue weighted by Gasteiger charge is -2.21. The standard InChI is InChI=1S/C19H27ClN4O9P2/c20-15-4-12(23-6-10-2-1-3-11(10)7-23)19-21-5-13(24(19)22-15)18-17(26)16(25)14(33-18)8-32-35(30,31)9-34(27,28)29/h4-5,10-11,14,16-18,25-26H,1-3,6-9H2,(H,30,31)(H2,27,28,29)/t10?,11?,14-,16-,17-,18+/m1/s1. The van der Waals surface area contributed by atoms with E-state index in [1.807, 2.05) is 0 Å². The van der Waals surface area contributed by atoms with Crippen LogP contribution in [0.3, 0.4) is 0 Å². The maximum absolute atomic E-state index is 11.9. The molecule has 2 aromatic rings. The van der Waals surface area contributed by atoms with Crippen LogP contribution in [0.4, 0.5) is 5.69 Å². The summed E-state index contributed by atoms with van der Waals surface area (Å²) in [5.41, 5.74) is 1.66. The summed E-state index contributed by atoms with van der Waals surface area (Å²) >= 11 is 6.32. The first kappa shape index (κ1) is 25.5. The molecule has 7 atom stereocenters. The van der Waals surface area contributed by atoms with Crippen molar-refractivity contribution < 1.29 is 43.3 Å². The second-order valence-electron chi connectivity index (χ2n) is 9.44. The summed E-state index contributed by atoms with van der Waals surface area (Å²) < 4.78 is 34.9. The van der Waals surface area contributed by atoms with E-state index in [1.165, 1.54) is 30.0 Å². The van der Waals surface area contributed by atoms with Crippen LogP contribution in [-0.4, -0.2) is 83.4 Å². The predicted octanol–water partition coefficient (Wildman–Crippen LogP) is 1.12. The lowest BCUT2D eigenvalue weighted by Crippen LogP contribution is -2.33. The van der Waals surface area contributed by atoms with Crippen molar-refractivity contribution in [1.29, 1.82) is 0 Å². The summed E-state index contributed by atoms with van der Waals surface area (Å²) in [7, 11) is -9.46. The molecule has 1 aliphatic carbocycles. The molecule has 0 aromatic carbocycles. The van der Waals surface area contributed by atoms with Gasteiger partial charge in [0.25, 0.3) is 0 Å². The zero-order chi connectivity index (χ0) is 25.1. The Morgan fingerprint density at radius 1 is 1.14 bits per heavy atom. The third-order valence-corrected chi connectivity index (χ3v) is 10.6. The first-order valence-electron chi connectivity index (χ1n) is 11.2. The van der Waals surface area contributed by atoms with E-state index < -0.39 is 52.1 Å². The minimum absolute atomic E-state index is 0.218. The van der Waals surface area contributed by atoms with E-state index in [0.29, 0.717) is 23.2 Å². The molecule has 3 aliphatic rings. The molecule has 0 amide bonds. The van der Waals surface area contributed by atoms with Crippen LogP contribution in [0, 0.1) is 11.8 Å². The van der Waals surface area contributed by atoms with Gasteiger partial charge in [0, 0.05) is 19.2 Å². The highest BCUT2D eigenvalue weighted by Crippen LogP contribution is 2.55. The van der Waals surface area contributed by atoms with E-state index in [4.69, 9.17) is 30.6 Å². The van der Waals surface area contributed by atoms with Gasteiger partial charge in [0.05, 0.1) is 24.2 Å². The van der Waals surface area contributed by atoms with Crippen LogP contribution in [0.25, 0.3) is 5.65 Å². The molecule has 2 aromatic heterocycles. The summed E-state index contributed by atoms with van der Waals surface area (Å²) in [4.78, 5) is 34.2. The fourth-order valence-electron chi connectivity index (χ4n) is 5.39. The van der Waals surface area contributed by atoms with Crippen LogP contribution in [0.15, 0.2) is 12.3 Å². The number of aliphatic hydroxyl groups is 2. The van der Waals surface area contributed by atoms with Gasteiger partial charge in [0.2, 0.25) is 0 Å². The van der Waals surface area contributed by atoms with Crippen molar-refractivity contribution in [2.45, 2.75) is 43.7 Å². The topological polar surface area (TPSA) is 187 Å². The van der Waals surface area contributed by atoms with E-state index in [-0.39, 0.29) is 5.15 Å². The van der Waals surface area contributed by atoms with Crippen molar-refractivity contribution in [1.82, 2.24) is 14.6 Å². The Kier molecular flexibility index (Phi) is 6.80. The van der Waals surface area contributed by atoms with Gasteiger partial charge in [-0.3, -0.25) is 9.13 Å². The van der Waals surface area contributed by atoms with Crippen molar-refractivity contribution in [3.8, 4) is 0 Å². The second kappa shape index (κ2) is 9.33. The summed E-state index contributed by atoms with van der Waals surface area (Å²) in [6, 6.07) is 1.76. The number of ether oxygens (including phenoxy) is 1. The molecule has 0 spiro atoms. The number of aromatic nitrogens is 3. The van der Waals surface area contributed by atoms with Gasteiger partial charge in [-0.15, -0.1) is 0 Å². The van der Waals surface area contributed by atoms with Gasteiger partial charge >= 0.3 is 15.2 Å². The van der Waals surface area contributed by atoms with Gasteiger partial charge in [-0.05, 0) is 24.7 Å². The molecule has 5 N–H and O–H groups in total. The monoisotopic (exact) mass is 552 g/mol. The summed E-state index contributed by atoms with van der Waals surface area (Å²) in [5.74, 6) is -0.0911. The van der Waals surface area contributed by atoms with Crippen molar-refractivity contribution in [3.63, 3.8) is 0 Å². The lowest BCUT2D eigenvalue weighted by molar-refractivity contribution is -0.0204. The van der Waals surface area contributed by atoms with Gasteiger partial charge in [-0.1, -0.05) is 18.0 Å². The Balaban J connectivity index is 1.36. The van der Waals surface area contributed by atoms with Crippen LogP contribution in [-0.2, 0) is 18.4 Å². The summed E-state index contributed by atoms with van der Waals surface area (Å²) in [6.07, 6.45) is -0.176. The van der Waals surface area contributed by atoms with Gasteiger partial charge in [0.1, 0.15) is 24.4 Å². The Hall–Kier alpha value is -1.11. The number of rotatable bonds is 7. The number of aliphatic hydroxyl groups excluding tert-OH is 2. The number of anilines is 1. The van der Waals surface area contributed by atoms with Gasteiger partial charge in [-0.25, -0.2) is 9.50 Å². The molecule has 0 radical (unpaired) electrons. The quantitative estimate of drug-likeness (QED) is 0.308. The number of halogens is 1. The fourth-order valence-corrected chi connectivity index (χ4v) is 8.14. The molecule has 3 fully saturated rings. The molecule has 13 nitrogen and oxygen atoms in total. The number of nitrogens with zero attached hydrogens (tertiary/aromatic N) is 4. The highest BCUT2D eigenvalue weighted by Gasteiger charge is 2.46. The van der Waals surface area contributed by atoms with Crippen LogP contribution in [0.5, 0.6) is 0 Å². The van der Waals surface area contributed by atoms with Gasteiger partial charge in [-0.2, -0.15) is 5.10 Å². The average Bonchev–Trinajstić information content (AvgIpc) is 3.49. The van der Waals surface area contributed by atoms with Crippen molar-refractivity contribution in [2.24, 2.45) is 11.8 Å². The molecule has 4 heterocycles. The normalized spacial score (nSPS) is 32.9. The third kappa shape index (κ3) is 5.17. The number of hydrogen-bond acceptors (Lipinski definition) is 9. The van der Waals surface area contributed by atoms with E-state index in [2.05, 4.69) is 15.0 Å². The molecule has 5 rings (SSSR count). The summed E-state index contributed by atoms with van der Waals surface area (Å²) in [6.45, 7) is 1.13. The predicted molar refractivity (Wildman–Crippen MR) is 123 cm³/mol. The zero-order valence-corrected chi connectivity index (χ0v) is 21.0. The van der Waals surface area contributed by atoms with Crippen molar-refractivity contribution in [3.05, 3.63) is 23.1 Å². The van der Waals surface area contributed by atoms with Gasteiger partial charge < -0.3 is 39.1 Å². The van der Waals surface area contributed by atoms with Crippen molar-refractivity contribution >= 4 is 38.1 Å². The molecule has 35 heavy (non-hydrogen) atoms. The molecule has 2 saturated heterocycles. The molecule has 194 valence electrons. The highest BCUT2D eigenvalue weighted by atomic mass is 35.5. The molecule has 1 saturated carbocycles. The third-order valence-electron chi connectivity index (χ3n) is 6.97. The Bertz CT molecular complexity index is 1200. The average molecular weight is 553 g/mol. The zero-order valence-electron chi connectivity index (χ0n) is 18.5. The van der Waals surface area contributed by atoms with E-state index in [0.717, 1.165) is 18.8 Å². The van der Waals surface area contributed by atoms with Crippen molar-refractivity contribution in [2.75, 3.05) is 30.5 Å². The molecular weight excluding hydrogens is 526 g/mol. The molecule has 3 unspecified atom stereocenters. The van der Waals surface area contributed by atoms with Gasteiger partial charge in [0.15, 0.2) is 16.7 Å². The molecule has 2 aliphatic heterocycles. The maximum Gasteiger partial charge on any atom is 0.340 e.